The first-order valence-corrected chi connectivity index (χ1v) is 2.57. The molecule has 0 saturated carbocycles. The van der Waals surface area contributed by atoms with Gasteiger partial charge in [0, 0.05) is 12.4 Å². The maximum absolute atomic E-state index is 10.1. The van der Waals surface area contributed by atoms with Gasteiger partial charge in [-0.1, -0.05) is 7.43 Å². The molecule has 3 nitrogen and oxygen atoms in total. The third-order valence-electron chi connectivity index (χ3n) is 1.03. The molecule has 0 atom stereocenters. The lowest BCUT2D eigenvalue weighted by molar-refractivity contribution is 0.111. The topological polar surface area (TPSA) is 42.9 Å². The Morgan fingerprint density at radius 2 is 2.00 bits per heavy atom. The predicted octanol–water partition coefficient (Wildman–Crippen LogP) is 1.23. The average molecular weight is 138 g/mol. The number of nitrogens with zero attached hydrogens (tertiary/aromatic N) is 2. The summed E-state index contributed by atoms with van der Waals surface area (Å²) >= 11 is 0. The highest BCUT2D eigenvalue weighted by Gasteiger charge is 1.93. The summed E-state index contributed by atoms with van der Waals surface area (Å²) in [6, 6.07) is 0. The van der Waals surface area contributed by atoms with Crippen molar-refractivity contribution in [2.75, 3.05) is 0 Å². The highest BCUT2D eigenvalue weighted by molar-refractivity contribution is 5.72. The van der Waals surface area contributed by atoms with E-state index in [1.165, 1.54) is 6.20 Å². The van der Waals surface area contributed by atoms with Gasteiger partial charge in [-0.2, -0.15) is 0 Å². The van der Waals surface area contributed by atoms with Crippen LogP contribution >= 0.6 is 0 Å². The number of rotatable bonds is 1. The first-order valence-electron chi connectivity index (χ1n) is 2.57. The second kappa shape index (κ2) is 3.71. The highest BCUT2D eigenvalue weighted by Crippen LogP contribution is 1.92. The van der Waals surface area contributed by atoms with Gasteiger partial charge < -0.3 is 0 Å². The van der Waals surface area contributed by atoms with Gasteiger partial charge in [-0.15, -0.1) is 0 Å². The second-order valence-electron chi connectivity index (χ2n) is 1.64. The lowest BCUT2D eigenvalue weighted by Crippen LogP contribution is -1.92. The van der Waals surface area contributed by atoms with Crippen LogP contribution in [0, 0.1) is 6.92 Å². The summed E-state index contributed by atoms with van der Waals surface area (Å²) in [6.07, 6.45) is 3.75. The molecule has 1 heterocycles. The van der Waals surface area contributed by atoms with Crippen molar-refractivity contribution in [2.45, 2.75) is 14.4 Å². The fraction of sp³-hybridized carbons (Fsp3) is 0.286. The van der Waals surface area contributed by atoms with Crippen molar-refractivity contribution in [1.29, 1.82) is 0 Å². The SMILES string of the molecule is C.Cc1nccnc1C=O. The molecule has 0 aliphatic heterocycles. The van der Waals surface area contributed by atoms with Crippen molar-refractivity contribution in [1.82, 2.24) is 9.97 Å². The summed E-state index contributed by atoms with van der Waals surface area (Å²) in [7, 11) is 0. The number of aromatic nitrogens is 2. The van der Waals surface area contributed by atoms with Crippen molar-refractivity contribution < 1.29 is 4.79 Å². The minimum absolute atomic E-state index is 0. The van der Waals surface area contributed by atoms with Crippen LogP contribution in [-0.2, 0) is 0 Å². The summed E-state index contributed by atoms with van der Waals surface area (Å²) in [5.41, 5.74) is 1.09. The van der Waals surface area contributed by atoms with Gasteiger partial charge in [-0.05, 0) is 6.92 Å². The molecule has 0 N–H and O–H groups in total. The molecule has 0 fully saturated rings. The van der Waals surface area contributed by atoms with Crippen molar-refractivity contribution in [3.63, 3.8) is 0 Å². The monoisotopic (exact) mass is 138 g/mol. The van der Waals surface area contributed by atoms with E-state index in [2.05, 4.69) is 9.97 Å². The van der Waals surface area contributed by atoms with E-state index in [9.17, 15) is 4.79 Å². The zero-order valence-corrected chi connectivity index (χ0v) is 5.03. The van der Waals surface area contributed by atoms with E-state index >= 15 is 0 Å². The molecule has 1 aromatic rings. The molecule has 0 saturated heterocycles. The van der Waals surface area contributed by atoms with Gasteiger partial charge in [0.1, 0.15) is 5.69 Å². The van der Waals surface area contributed by atoms with Crippen LogP contribution in [0.2, 0.25) is 0 Å². The van der Waals surface area contributed by atoms with Gasteiger partial charge in [-0.25, -0.2) is 4.98 Å². The van der Waals surface area contributed by atoms with Crippen LogP contribution in [0.15, 0.2) is 12.4 Å². The van der Waals surface area contributed by atoms with Gasteiger partial charge in [0.25, 0.3) is 0 Å². The molecule has 0 bridgehead atoms. The Balaban J connectivity index is 0.000000810. The molecule has 0 aliphatic carbocycles. The van der Waals surface area contributed by atoms with Gasteiger partial charge in [-0.3, -0.25) is 9.78 Å². The molecule has 1 rings (SSSR count). The fourth-order valence-electron chi connectivity index (χ4n) is 0.534. The van der Waals surface area contributed by atoms with Crippen LogP contribution in [0.25, 0.3) is 0 Å². The van der Waals surface area contributed by atoms with E-state index in [1.54, 1.807) is 13.1 Å². The fourth-order valence-corrected chi connectivity index (χ4v) is 0.534. The largest absolute Gasteiger partial charge is 0.296 e. The number of hydrogen-bond donors (Lipinski definition) is 0. The Morgan fingerprint density at radius 3 is 2.40 bits per heavy atom. The second-order valence-corrected chi connectivity index (χ2v) is 1.64. The lowest BCUT2D eigenvalue weighted by atomic mass is 10.3. The number of aryl methyl sites for hydroxylation is 1. The Bertz CT molecular complexity index is 223. The molecule has 54 valence electrons. The summed E-state index contributed by atoms with van der Waals surface area (Å²) in [6.45, 7) is 1.75. The third kappa shape index (κ3) is 1.62. The van der Waals surface area contributed by atoms with Gasteiger partial charge in [0.2, 0.25) is 0 Å². The molecule has 0 spiro atoms. The molecular formula is C7H10N2O. The van der Waals surface area contributed by atoms with Crippen LogP contribution in [0.4, 0.5) is 0 Å². The molecule has 10 heavy (non-hydrogen) atoms. The standard InChI is InChI=1S/C6H6N2O.CH4/c1-5-6(4-9)8-3-2-7-5;/h2-4H,1H3;1H4. The first-order chi connectivity index (χ1) is 4.34. The predicted molar refractivity (Wildman–Crippen MR) is 38.9 cm³/mol. The first kappa shape index (κ1) is 8.75. The zero-order valence-electron chi connectivity index (χ0n) is 5.03. The molecule has 1 aromatic heterocycles. The lowest BCUT2D eigenvalue weighted by Gasteiger charge is -1.90. The van der Waals surface area contributed by atoms with E-state index in [-0.39, 0.29) is 7.43 Å². The van der Waals surface area contributed by atoms with Crippen LogP contribution in [0.3, 0.4) is 0 Å². The summed E-state index contributed by atoms with van der Waals surface area (Å²) in [5, 5.41) is 0. The van der Waals surface area contributed by atoms with Crippen molar-refractivity contribution in [3.8, 4) is 0 Å². The quantitative estimate of drug-likeness (QED) is 0.548. The molecule has 0 amide bonds. The molecule has 3 heteroatoms. The molecule has 0 radical (unpaired) electrons. The zero-order chi connectivity index (χ0) is 6.69. The van der Waals surface area contributed by atoms with Gasteiger partial charge in [0.15, 0.2) is 6.29 Å². The normalized spacial score (nSPS) is 8.10. The van der Waals surface area contributed by atoms with Crippen LogP contribution in [0.1, 0.15) is 23.6 Å². The van der Waals surface area contributed by atoms with E-state index in [0.29, 0.717) is 17.7 Å². The van der Waals surface area contributed by atoms with Crippen molar-refractivity contribution >= 4 is 6.29 Å². The van der Waals surface area contributed by atoms with Gasteiger partial charge >= 0.3 is 0 Å². The van der Waals surface area contributed by atoms with E-state index in [1.807, 2.05) is 0 Å². The Labute approximate surface area is 60.1 Å². The van der Waals surface area contributed by atoms with E-state index < -0.39 is 0 Å². The number of hydrogen-bond acceptors (Lipinski definition) is 3. The van der Waals surface area contributed by atoms with Crippen molar-refractivity contribution in [3.05, 3.63) is 23.8 Å². The number of aldehydes is 1. The average Bonchev–Trinajstić information content (AvgIpc) is 1.89. The smallest absolute Gasteiger partial charge is 0.170 e. The minimum Gasteiger partial charge on any atom is -0.296 e. The van der Waals surface area contributed by atoms with E-state index in [0.717, 1.165) is 0 Å². The molecular weight excluding hydrogens is 128 g/mol. The summed E-state index contributed by atoms with van der Waals surface area (Å²) < 4.78 is 0. The van der Waals surface area contributed by atoms with E-state index in [4.69, 9.17) is 0 Å². The molecule has 0 aromatic carbocycles. The Hall–Kier alpha value is -1.25. The number of carbonyl (C=O) groups is 1. The minimum atomic E-state index is 0. The van der Waals surface area contributed by atoms with Crippen LogP contribution < -0.4 is 0 Å². The van der Waals surface area contributed by atoms with Gasteiger partial charge in [0.05, 0.1) is 5.69 Å². The number of carbonyl (C=O) groups excluding carboxylic acids is 1. The molecule has 0 unspecified atom stereocenters. The third-order valence-corrected chi connectivity index (χ3v) is 1.03. The van der Waals surface area contributed by atoms with Crippen LogP contribution in [-0.4, -0.2) is 16.3 Å². The van der Waals surface area contributed by atoms with Crippen LogP contribution in [0.5, 0.6) is 0 Å². The Kier molecular flexibility index (Phi) is 3.25. The van der Waals surface area contributed by atoms with Crippen molar-refractivity contribution in [2.24, 2.45) is 0 Å². The summed E-state index contributed by atoms with van der Waals surface area (Å²) in [5.74, 6) is 0. The molecule has 0 aliphatic rings. The Morgan fingerprint density at radius 1 is 1.40 bits per heavy atom. The summed E-state index contributed by atoms with van der Waals surface area (Å²) in [4.78, 5) is 17.7. The maximum Gasteiger partial charge on any atom is 0.170 e. The highest BCUT2D eigenvalue weighted by atomic mass is 16.1. The maximum atomic E-state index is 10.1.